The lowest BCUT2D eigenvalue weighted by molar-refractivity contribution is -0.140. The summed E-state index contributed by atoms with van der Waals surface area (Å²) >= 11 is 0. The largest absolute Gasteiger partial charge is 0.350 e. The fourth-order valence-corrected chi connectivity index (χ4v) is 4.31. The number of carbonyl (C=O) groups is 2. The van der Waals surface area contributed by atoms with E-state index in [9.17, 15) is 9.59 Å². The molecule has 1 atom stereocenters. The van der Waals surface area contributed by atoms with Crippen molar-refractivity contribution in [2.75, 3.05) is 13.1 Å². The van der Waals surface area contributed by atoms with Crippen molar-refractivity contribution in [1.29, 1.82) is 0 Å². The van der Waals surface area contributed by atoms with Crippen LogP contribution in [-0.2, 0) is 11.3 Å². The predicted octanol–water partition coefficient (Wildman–Crippen LogP) is 3.97. The number of nitrogens with zero attached hydrogens (tertiary/aromatic N) is 2. The lowest BCUT2D eigenvalue weighted by Gasteiger charge is -2.39. The minimum atomic E-state index is -0.478. The van der Waals surface area contributed by atoms with Gasteiger partial charge in [-0.2, -0.15) is 0 Å². The molecule has 1 aromatic heterocycles. The number of amides is 2. The van der Waals surface area contributed by atoms with E-state index in [2.05, 4.69) is 24.0 Å². The van der Waals surface area contributed by atoms with Crippen LogP contribution in [0, 0.1) is 20.8 Å². The van der Waals surface area contributed by atoms with Crippen LogP contribution < -0.4 is 0 Å². The number of piperazine rings is 1. The molecule has 29 heavy (non-hydrogen) atoms. The molecule has 1 saturated heterocycles. The lowest BCUT2D eigenvalue weighted by atomic mass is 10.0. The zero-order chi connectivity index (χ0) is 20.7. The van der Waals surface area contributed by atoms with Gasteiger partial charge in [0.05, 0.1) is 0 Å². The van der Waals surface area contributed by atoms with Gasteiger partial charge in [-0.3, -0.25) is 9.59 Å². The number of benzene rings is 2. The van der Waals surface area contributed by atoms with E-state index < -0.39 is 6.04 Å². The van der Waals surface area contributed by atoms with Gasteiger partial charge in [-0.05, 0) is 50.5 Å². The van der Waals surface area contributed by atoms with Crippen LogP contribution >= 0.6 is 0 Å². The minimum absolute atomic E-state index is 0.00533. The third kappa shape index (κ3) is 3.41. The quantitative estimate of drug-likeness (QED) is 0.737. The van der Waals surface area contributed by atoms with Gasteiger partial charge in [0.15, 0.2) is 0 Å². The molecule has 5 nitrogen and oxygen atoms in total. The van der Waals surface area contributed by atoms with Gasteiger partial charge >= 0.3 is 0 Å². The van der Waals surface area contributed by atoms with Crippen LogP contribution in [0.5, 0.6) is 0 Å². The molecule has 0 spiro atoms. The first kappa shape index (κ1) is 19.2. The standard InChI is InChI=1S/C24H27N3O2/c1-15-12-16(2)21-20(13-15)17(3)22(25-21)24(29)27-11-10-26(23(28)18(27)4)14-19-8-6-5-7-9-19/h5-9,12-13,18,25H,10-11,14H2,1-4H3/t18-/m1/s1. The maximum atomic E-state index is 13.3. The monoisotopic (exact) mass is 389 g/mol. The first-order valence-electron chi connectivity index (χ1n) is 10.1. The average molecular weight is 389 g/mol. The van der Waals surface area contributed by atoms with E-state index in [1.54, 1.807) is 4.90 Å². The number of aromatic amines is 1. The van der Waals surface area contributed by atoms with Crippen LogP contribution in [0.25, 0.3) is 10.9 Å². The summed E-state index contributed by atoms with van der Waals surface area (Å²) in [6.45, 7) is 9.57. The van der Waals surface area contributed by atoms with Crippen molar-refractivity contribution in [3.63, 3.8) is 0 Å². The zero-order valence-corrected chi connectivity index (χ0v) is 17.5. The molecule has 0 radical (unpaired) electrons. The Morgan fingerprint density at radius 3 is 2.55 bits per heavy atom. The highest BCUT2D eigenvalue weighted by Crippen LogP contribution is 2.28. The fraction of sp³-hybridized carbons (Fsp3) is 0.333. The van der Waals surface area contributed by atoms with E-state index >= 15 is 0 Å². The summed E-state index contributed by atoms with van der Waals surface area (Å²) in [6, 6.07) is 13.7. The summed E-state index contributed by atoms with van der Waals surface area (Å²) in [5, 5.41) is 1.08. The third-order valence-electron chi connectivity index (χ3n) is 5.95. The summed E-state index contributed by atoms with van der Waals surface area (Å²) in [4.78, 5) is 33.2. The van der Waals surface area contributed by atoms with Crippen molar-refractivity contribution in [1.82, 2.24) is 14.8 Å². The van der Waals surface area contributed by atoms with Crippen molar-refractivity contribution in [2.45, 2.75) is 40.3 Å². The van der Waals surface area contributed by atoms with Gasteiger partial charge in [-0.1, -0.05) is 42.0 Å². The van der Waals surface area contributed by atoms with Crippen LogP contribution in [0.15, 0.2) is 42.5 Å². The number of aromatic nitrogens is 1. The first-order valence-corrected chi connectivity index (χ1v) is 10.1. The van der Waals surface area contributed by atoms with E-state index in [0.717, 1.165) is 27.6 Å². The molecule has 0 aliphatic carbocycles. The molecule has 2 aromatic carbocycles. The average Bonchev–Trinajstić information content (AvgIpc) is 3.03. The van der Waals surface area contributed by atoms with Crippen LogP contribution in [0.1, 0.15) is 39.7 Å². The Balaban J connectivity index is 1.57. The van der Waals surface area contributed by atoms with E-state index in [1.807, 2.05) is 56.0 Å². The number of hydrogen-bond donors (Lipinski definition) is 1. The maximum absolute atomic E-state index is 13.3. The number of rotatable bonds is 3. The predicted molar refractivity (Wildman–Crippen MR) is 115 cm³/mol. The molecule has 1 fully saturated rings. The molecule has 2 heterocycles. The Morgan fingerprint density at radius 1 is 1.10 bits per heavy atom. The second-order valence-electron chi connectivity index (χ2n) is 8.05. The first-order chi connectivity index (χ1) is 13.9. The molecule has 1 aliphatic heterocycles. The highest BCUT2D eigenvalue weighted by molar-refractivity contribution is 6.03. The van der Waals surface area contributed by atoms with E-state index in [0.29, 0.717) is 25.3 Å². The zero-order valence-electron chi connectivity index (χ0n) is 17.5. The smallest absolute Gasteiger partial charge is 0.271 e. The molecule has 0 bridgehead atoms. The molecule has 1 aliphatic rings. The van der Waals surface area contributed by atoms with Gasteiger partial charge in [0, 0.05) is 30.5 Å². The highest BCUT2D eigenvalue weighted by Gasteiger charge is 2.35. The Labute approximate surface area is 171 Å². The Morgan fingerprint density at radius 2 is 1.83 bits per heavy atom. The lowest BCUT2D eigenvalue weighted by Crippen LogP contribution is -2.57. The molecule has 3 aromatic rings. The van der Waals surface area contributed by atoms with E-state index in [4.69, 9.17) is 0 Å². The maximum Gasteiger partial charge on any atom is 0.271 e. The van der Waals surface area contributed by atoms with Gasteiger partial charge in [0.2, 0.25) is 5.91 Å². The van der Waals surface area contributed by atoms with E-state index in [-0.39, 0.29) is 11.8 Å². The molecule has 2 amide bonds. The Bertz CT molecular complexity index is 1080. The van der Waals surface area contributed by atoms with Crippen molar-refractivity contribution < 1.29 is 9.59 Å². The van der Waals surface area contributed by atoms with Gasteiger partial charge in [0.1, 0.15) is 11.7 Å². The number of fused-ring (bicyclic) bond motifs is 1. The number of aryl methyl sites for hydroxylation is 3. The topological polar surface area (TPSA) is 56.4 Å². The fourth-order valence-electron chi connectivity index (χ4n) is 4.31. The summed E-state index contributed by atoms with van der Waals surface area (Å²) in [5.74, 6) is -0.106. The summed E-state index contributed by atoms with van der Waals surface area (Å²) in [6.07, 6.45) is 0. The van der Waals surface area contributed by atoms with Gasteiger partial charge in [0.25, 0.3) is 5.91 Å². The summed E-state index contributed by atoms with van der Waals surface area (Å²) in [7, 11) is 0. The van der Waals surface area contributed by atoms with Crippen molar-refractivity contribution in [3.8, 4) is 0 Å². The SMILES string of the molecule is Cc1cc(C)c2[nH]c(C(=O)N3CCN(Cc4ccccc4)C(=O)[C@H]3C)c(C)c2c1. The van der Waals surface area contributed by atoms with Gasteiger partial charge < -0.3 is 14.8 Å². The van der Waals surface area contributed by atoms with Crippen molar-refractivity contribution in [2.24, 2.45) is 0 Å². The minimum Gasteiger partial charge on any atom is -0.350 e. The third-order valence-corrected chi connectivity index (χ3v) is 5.95. The number of nitrogens with one attached hydrogen (secondary N) is 1. The van der Waals surface area contributed by atoms with Gasteiger partial charge in [-0.15, -0.1) is 0 Å². The molecule has 4 rings (SSSR count). The molecular weight excluding hydrogens is 362 g/mol. The van der Waals surface area contributed by atoms with Crippen LogP contribution in [0.2, 0.25) is 0 Å². The number of hydrogen-bond acceptors (Lipinski definition) is 2. The Kier molecular flexibility index (Phi) is 4.91. The molecule has 150 valence electrons. The van der Waals surface area contributed by atoms with Crippen LogP contribution in [0.4, 0.5) is 0 Å². The van der Waals surface area contributed by atoms with Crippen molar-refractivity contribution >= 4 is 22.7 Å². The molecule has 0 unspecified atom stereocenters. The number of H-pyrrole nitrogens is 1. The second kappa shape index (κ2) is 7.39. The Hall–Kier alpha value is -3.08. The highest BCUT2D eigenvalue weighted by atomic mass is 16.2. The second-order valence-corrected chi connectivity index (χ2v) is 8.05. The van der Waals surface area contributed by atoms with E-state index in [1.165, 1.54) is 5.56 Å². The van der Waals surface area contributed by atoms with Gasteiger partial charge in [-0.25, -0.2) is 0 Å². The molecule has 5 heteroatoms. The number of carbonyl (C=O) groups excluding carboxylic acids is 2. The normalized spacial score (nSPS) is 17.2. The van der Waals surface area contributed by atoms with Crippen LogP contribution in [-0.4, -0.2) is 45.7 Å². The van der Waals surface area contributed by atoms with Crippen molar-refractivity contribution in [3.05, 3.63) is 70.4 Å². The molecule has 1 N–H and O–H groups in total. The molecular formula is C24H27N3O2. The summed E-state index contributed by atoms with van der Waals surface area (Å²) < 4.78 is 0. The van der Waals surface area contributed by atoms with Crippen LogP contribution in [0.3, 0.4) is 0 Å². The summed E-state index contributed by atoms with van der Waals surface area (Å²) in [5.41, 5.74) is 5.93. The molecule has 0 saturated carbocycles.